The van der Waals surface area contributed by atoms with Crippen molar-refractivity contribution < 1.29 is 0 Å². The van der Waals surface area contributed by atoms with Gasteiger partial charge in [-0.05, 0) is 28.9 Å². The summed E-state index contributed by atoms with van der Waals surface area (Å²) in [5.74, 6) is 0. The van der Waals surface area contributed by atoms with Crippen LogP contribution >= 0.6 is 15.9 Å². The molecule has 1 atom stereocenters. The maximum Gasteiger partial charge on any atom is 0.0656 e. The molecule has 0 unspecified atom stereocenters. The van der Waals surface area contributed by atoms with Crippen LogP contribution in [-0.2, 0) is 0 Å². The molecule has 0 bridgehead atoms. The van der Waals surface area contributed by atoms with E-state index in [1.54, 1.807) is 0 Å². The van der Waals surface area contributed by atoms with Gasteiger partial charge in [-0.15, -0.1) is 0 Å². The van der Waals surface area contributed by atoms with E-state index in [9.17, 15) is 0 Å². The molecule has 1 saturated heterocycles. The third-order valence-corrected chi connectivity index (χ3v) is 2.39. The molecule has 1 aromatic rings. The number of rotatable bonds is 1. The van der Waals surface area contributed by atoms with Crippen LogP contribution in [0.4, 0.5) is 0 Å². The molecule has 60 valence electrons. The molecule has 3 nitrogen and oxygen atoms in total. The zero-order chi connectivity index (χ0) is 7.68. The van der Waals surface area contributed by atoms with Gasteiger partial charge < -0.3 is 5.32 Å². The third-order valence-electron chi connectivity index (χ3n) is 1.98. The first-order chi connectivity index (χ1) is 5.36. The summed E-state index contributed by atoms with van der Waals surface area (Å²) in [7, 11) is 0. The lowest BCUT2D eigenvalue weighted by molar-refractivity contribution is 0.490. The molecule has 0 aromatic carbocycles. The average molecular weight is 216 g/mol. The van der Waals surface area contributed by atoms with Crippen molar-refractivity contribution in [3.05, 3.63) is 16.9 Å². The minimum absolute atomic E-state index is 0.557. The predicted molar refractivity (Wildman–Crippen MR) is 46.5 cm³/mol. The quantitative estimate of drug-likeness (QED) is 0.763. The SMILES string of the molecule is Brc1cnn([C@H]2CCNC2)c1. The topological polar surface area (TPSA) is 29.9 Å². The summed E-state index contributed by atoms with van der Waals surface area (Å²) in [6, 6.07) is 0.557. The molecule has 1 N–H and O–H groups in total. The second kappa shape index (κ2) is 2.95. The molecule has 0 amide bonds. The van der Waals surface area contributed by atoms with E-state index in [4.69, 9.17) is 0 Å². The molecule has 1 fully saturated rings. The van der Waals surface area contributed by atoms with Crippen LogP contribution in [0.2, 0.25) is 0 Å². The van der Waals surface area contributed by atoms with E-state index in [2.05, 4.69) is 26.3 Å². The Hall–Kier alpha value is -0.350. The Bertz CT molecular complexity index is 240. The summed E-state index contributed by atoms with van der Waals surface area (Å²) in [6.45, 7) is 2.16. The molecule has 1 aromatic heterocycles. The number of nitrogens with one attached hydrogen (secondary N) is 1. The van der Waals surface area contributed by atoms with Gasteiger partial charge in [-0.1, -0.05) is 0 Å². The first-order valence-corrected chi connectivity index (χ1v) is 4.56. The van der Waals surface area contributed by atoms with Crippen LogP contribution in [-0.4, -0.2) is 22.9 Å². The fraction of sp³-hybridized carbons (Fsp3) is 0.571. The second-order valence-electron chi connectivity index (χ2n) is 2.79. The van der Waals surface area contributed by atoms with Crippen LogP contribution in [0.15, 0.2) is 16.9 Å². The minimum Gasteiger partial charge on any atom is -0.315 e. The Morgan fingerprint density at radius 3 is 3.18 bits per heavy atom. The summed E-state index contributed by atoms with van der Waals surface area (Å²) < 4.78 is 3.08. The zero-order valence-corrected chi connectivity index (χ0v) is 7.71. The Morgan fingerprint density at radius 1 is 1.73 bits per heavy atom. The highest BCUT2D eigenvalue weighted by atomic mass is 79.9. The highest BCUT2D eigenvalue weighted by Gasteiger charge is 2.16. The predicted octanol–water partition coefficient (Wildman–Crippen LogP) is 1.18. The van der Waals surface area contributed by atoms with Gasteiger partial charge in [-0.3, -0.25) is 4.68 Å². The van der Waals surface area contributed by atoms with Crippen molar-refractivity contribution in [2.45, 2.75) is 12.5 Å². The number of nitrogens with zero attached hydrogens (tertiary/aromatic N) is 2. The van der Waals surface area contributed by atoms with Gasteiger partial charge in [0.1, 0.15) is 0 Å². The van der Waals surface area contributed by atoms with Crippen molar-refractivity contribution in [2.24, 2.45) is 0 Å². The molecule has 0 aliphatic carbocycles. The van der Waals surface area contributed by atoms with Gasteiger partial charge in [0.25, 0.3) is 0 Å². The van der Waals surface area contributed by atoms with Crippen LogP contribution in [0.25, 0.3) is 0 Å². The minimum atomic E-state index is 0.557. The van der Waals surface area contributed by atoms with Crippen LogP contribution in [0.3, 0.4) is 0 Å². The second-order valence-corrected chi connectivity index (χ2v) is 3.70. The summed E-state index contributed by atoms with van der Waals surface area (Å²) in [5.41, 5.74) is 0. The van der Waals surface area contributed by atoms with E-state index in [1.165, 1.54) is 6.42 Å². The smallest absolute Gasteiger partial charge is 0.0656 e. The molecule has 2 heterocycles. The summed E-state index contributed by atoms with van der Waals surface area (Å²) in [4.78, 5) is 0. The Balaban J connectivity index is 2.15. The van der Waals surface area contributed by atoms with Crippen molar-refractivity contribution in [1.82, 2.24) is 15.1 Å². The Labute approximate surface area is 73.9 Å². The van der Waals surface area contributed by atoms with E-state index in [-0.39, 0.29) is 0 Å². The van der Waals surface area contributed by atoms with Crippen LogP contribution in [0.5, 0.6) is 0 Å². The molecule has 2 rings (SSSR count). The molecular weight excluding hydrogens is 206 g/mol. The van der Waals surface area contributed by atoms with Gasteiger partial charge >= 0.3 is 0 Å². The largest absolute Gasteiger partial charge is 0.315 e. The maximum absolute atomic E-state index is 4.23. The summed E-state index contributed by atoms with van der Waals surface area (Å²) >= 11 is 3.38. The highest BCUT2D eigenvalue weighted by molar-refractivity contribution is 9.10. The first kappa shape index (κ1) is 7.31. The van der Waals surface area contributed by atoms with Gasteiger partial charge in [-0.25, -0.2) is 0 Å². The van der Waals surface area contributed by atoms with Crippen molar-refractivity contribution >= 4 is 15.9 Å². The summed E-state index contributed by atoms with van der Waals surface area (Å²) in [6.07, 6.45) is 5.05. The molecule has 4 heteroatoms. The van der Waals surface area contributed by atoms with E-state index in [0.29, 0.717) is 6.04 Å². The molecule has 11 heavy (non-hydrogen) atoms. The van der Waals surface area contributed by atoms with Crippen molar-refractivity contribution in [2.75, 3.05) is 13.1 Å². The van der Waals surface area contributed by atoms with Crippen LogP contribution in [0.1, 0.15) is 12.5 Å². The monoisotopic (exact) mass is 215 g/mol. The molecule has 0 spiro atoms. The number of aromatic nitrogens is 2. The lowest BCUT2D eigenvalue weighted by atomic mass is 10.3. The van der Waals surface area contributed by atoms with Crippen LogP contribution in [0, 0.1) is 0 Å². The standard InChI is InChI=1S/C7H10BrN3/c8-6-3-10-11(5-6)7-1-2-9-4-7/h3,5,7,9H,1-2,4H2/t7-/m0/s1. The van der Waals surface area contributed by atoms with E-state index < -0.39 is 0 Å². The van der Waals surface area contributed by atoms with Gasteiger partial charge in [0.2, 0.25) is 0 Å². The van der Waals surface area contributed by atoms with Gasteiger partial charge in [-0.2, -0.15) is 5.10 Å². The maximum atomic E-state index is 4.23. The molecule has 1 aliphatic heterocycles. The molecular formula is C7H10BrN3. The van der Waals surface area contributed by atoms with Gasteiger partial charge in [0.15, 0.2) is 0 Å². The number of halogens is 1. The first-order valence-electron chi connectivity index (χ1n) is 3.76. The fourth-order valence-corrected chi connectivity index (χ4v) is 1.68. The van der Waals surface area contributed by atoms with Crippen LogP contribution < -0.4 is 5.32 Å². The fourth-order valence-electron chi connectivity index (χ4n) is 1.38. The molecule has 0 saturated carbocycles. The van der Waals surface area contributed by atoms with Crippen molar-refractivity contribution in [3.63, 3.8) is 0 Å². The highest BCUT2D eigenvalue weighted by Crippen LogP contribution is 2.16. The number of hydrogen-bond donors (Lipinski definition) is 1. The van der Waals surface area contributed by atoms with E-state index in [0.717, 1.165) is 17.6 Å². The molecule has 0 radical (unpaired) electrons. The van der Waals surface area contributed by atoms with Gasteiger partial charge in [0.05, 0.1) is 16.7 Å². The lowest BCUT2D eigenvalue weighted by Gasteiger charge is -2.07. The lowest BCUT2D eigenvalue weighted by Crippen LogP contribution is -2.13. The average Bonchev–Trinajstić information content (AvgIpc) is 2.55. The zero-order valence-electron chi connectivity index (χ0n) is 6.13. The van der Waals surface area contributed by atoms with Gasteiger partial charge in [0, 0.05) is 12.7 Å². The Morgan fingerprint density at radius 2 is 2.64 bits per heavy atom. The summed E-state index contributed by atoms with van der Waals surface area (Å²) in [5, 5.41) is 7.53. The molecule has 1 aliphatic rings. The van der Waals surface area contributed by atoms with E-state index >= 15 is 0 Å². The van der Waals surface area contributed by atoms with Crippen molar-refractivity contribution in [3.8, 4) is 0 Å². The van der Waals surface area contributed by atoms with E-state index in [1.807, 2.05) is 17.1 Å². The number of hydrogen-bond acceptors (Lipinski definition) is 2. The Kier molecular flexibility index (Phi) is 1.96. The third kappa shape index (κ3) is 1.46. The van der Waals surface area contributed by atoms with Crippen molar-refractivity contribution in [1.29, 1.82) is 0 Å². The normalized spacial score (nSPS) is 24.3.